The number of aliphatic carboxylic acids is 1. The second-order valence-electron chi connectivity index (χ2n) is 12.0. The molecule has 0 spiro atoms. The molecule has 0 saturated carbocycles. The van der Waals surface area contributed by atoms with E-state index in [0.29, 0.717) is 79.3 Å². The molecule has 0 rings (SSSR count). The van der Waals surface area contributed by atoms with Gasteiger partial charge in [0.25, 0.3) is 0 Å². The molecule has 0 aliphatic rings. The van der Waals surface area contributed by atoms with Crippen LogP contribution in [-0.2, 0) is 52.3 Å². The third-order valence-electron chi connectivity index (χ3n) is 7.66. The van der Waals surface area contributed by atoms with Gasteiger partial charge in [-0.3, -0.25) is 9.59 Å². The minimum absolute atomic E-state index is 0.0249. The van der Waals surface area contributed by atoms with Gasteiger partial charge in [0.2, 0.25) is 5.78 Å². The average molecular weight is 707 g/mol. The monoisotopic (exact) mass is 706 g/mol. The molecule has 290 valence electrons. The molecule has 0 aliphatic heterocycles. The van der Waals surface area contributed by atoms with Crippen LogP contribution in [0.1, 0.15) is 122 Å². The molecule has 0 radical (unpaired) electrons. The predicted molar refractivity (Wildman–Crippen MR) is 188 cm³/mol. The Morgan fingerprint density at radius 3 is 0.980 bits per heavy atom. The van der Waals surface area contributed by atoms with Crippen molar-refractivity contribution in [2.45, 2.75) is 122 Å². The molecule has 0 aliphatic carbocycles. The SMILES string of the molecule is CCCCCCCCCCCCCCCCCCOCCOCCOCCOCCOCCOCCOCCOC(=O)CCC(=O)C(=O)O. The minimum atomic E-state index is -1.56. The highest BCUT2D eigenvalue weighted by Crippen LogP contribution is 2.13. The van der Waals surface area contributed by atoms with Crippen LogP contribution in [0.5, 0.6) is 0 Å². The molecule has 0 saturated heterocycles. The molecule has 0 atom stereocenters. The van der Waals surface area contributed by atoms with Crippen molar-refractivity contribution in [2.24, 2.45) is 0 Å². The van der Waals surface area contributed by atoms with E-state index in [0.717, 1.165) is 13.0 Å². The normalized spacial score (nSPS) is 11.3. The van der Waals surface area contributed by atoms with Crippen LogP contribution in [-0.4, -0.2) is 122 Å². The molecule has 0 aromatic heterocycles. The molecular formula is C37H70O12. The van der Waals surface area contributed by atoms with Gasteiger partial charge in [-0.1, -0.05) is 103 Å². The van der Waals surface area contributed by atoms with Crippen LogP contribution in [0, 0.1) is 0 Å². The molecule has 1 N–H and O–H groups in total. The lowest BCUT2D eigenvalue weighted by molar-refractivity contribution is -0.151. The summed E-state index contributed by atoms with van der Waals surface area (Å²) in [7, 11) is 0. The Labute approximate surface area is 296 Å². The van der Waals surface area contributed by atoms with Crippen LogP contribution in [0.15, 0.2) is 0 Å². The van der Waals surface area contributed by atoms with Gasteiger partial charge in [0, 0.05) is 13.0 Å². The van der Waals surface area contributed by atoms with Crippen LogP contribution in [0.2, 0.25) is 0 Å². The highest BCUT2D eigenvalue weighted by atomic mass is 16.6. The van der Waals surface area contributed by atoms with E-state index < -0.39 is 17.7 Å². The van der Waals surface area contributed by atoms with Crippen molar-refractivity contribution >= 4 is 17.7 Å². The summed E-state index contributed by atoms with van der Waals surface area (Å²) in [5.74, 6) is -3.21. The molecule has 0 aromatic rings. The van der Waals surface area contributed by atoms with Crippen LogP contribution >= 0.6 is 0 Å². The van der Waals surface area contributed by atoms with Crippen molar-refractivity contribution < 1.29 is 57.4 Å². The van der Waals surface area contributed by atoms with E-state index in [1.54, 1.807) is 0 Å². The zero-order valence-electron chi connectivity index (χ0n) is 30.8. The lowest BCUT2D eigenvalue weighted by Crippen LogP contribution is -2.17. The van der Waals surface area contributed by atoms with Crippen LogP contribution < -0.4 is 0 Å². The molecule has 0 unspecified atom stereocenters. The van der Waals surface area contributed by atoms with Gasteiger partial charge in [0.1, 0.15) is 6.61 Å². The van der Waals surface area contributed by atoms with E-state index in [-0.39, 0.29) is 26.1 Å². The Morgan fingerprint density at radius 1 is 0.367 bits per heavy atom. The number of Topliss-reactive ketones (excluding diaryl/α,β-unsaturated/α-hetero) is 1. The Kier molecular flexibility index (Phi) is 39.4. The van der Waals surface area contributed by atoms with E-state index in [1.165, 1.54) is 96.3 Å². The van der Waals surface area contributed by atoms with Crippen molar-refractivity contribution in [1.82, 2.24) is 0 Å². The summed E-state index contributed by atoms with van der Waals surface area (Å²) < 4.78 is 43.1. The Balaban J connectivity index is 3.11. The highest BCUT2D eigenvalue weighted by Gasteiger charge is 2.14. The molecule has 49 heavy (non-hydrogen) atoms. The van der Waals surface area contributed by atoms with E-state index >= 15 is 0 Å². The van der Waals surface area contributed by atoms with Crippen LogP contribution in [0.4, 0.5) is 0 Å². The van der Waals surface area contributed by atoms with Crippen molar-refractivity contribution in [2.75, 3.05) is 99.1 Å². The first-order valence-electron chi connectivity index (χ1n) is 19.0. The summed E-state index contributed by atoms with van der Waals surface area (Å²) >= 11 is 0. The van der Waals surface area contributed by atoms with Crippen molar-refractivity contribution in [1.29, 1.82) is 0 Å². The summed E-state index contributed by atoms with van der Waals surface area (Å²) in [5, 5.41) is 8.45. The fourth-order valence-electron chi connectivity index (χ4n) is 4.78. The lowest BCUT2D eigenvalue weighted by Gasteiger charge is -2.09. The van der Waals surface area contributed by atoms with Crippen molar-refractivity contribution in [3.8, 4) is 0 Å². The number of ketones is 1. The number of hydrogen-bond donors (Lipinski definition) is 1. The number of esters is 1. The van der Waals surface area contributed by atoms with E-state index in [9.17, 15) is 14.4 Å². The topological polar surface area (TPSA) is 145 Å². The van der Waals surface area contributed by atoms with Gasteiger partial charge < -0.3 is 43.0 Å². The number of carboxylic acids is 1. The lowest BCUT2D eigenvalue weighted by atomic mass is 10.0. The number of ether oxygens (including phenoxy) is 8. The number of unbranched alkanes of at least 4 members (excludes halogenated alkanes) is 15. The first-order valence-corrected chi connectivity index (χ1v) is 19.0. The van der Waals surface area contributed by atoms with Gasteiger partial charge in [0.15, 0.2) is 0 Å². The Hall–Kier alpha value is -1.67. The van der Waals surface area contributed by atoms with Gasteiger partial charge in [-0.05, 0) is 6.42 Å². The minimum Gasteiger partial charge on any atom is -0.476 e. The quantitative estimate of drug-likeness (QED) is 0.0429. The molecule has 0 amide bonds. The maximum absolute atomic E-state index is 11.4. The molecule has 0 heterocycles. The maximum Gasteiger partial charge on any atom is 0.372 e. The molecule has 12 nitrogen and oxygen atoms in total. The molecular weight excluding hydrogens is 636 g/mol. The number of carbonyl (C=O) groups is 3. The van der Waals surface area contributed by atoms with Crippen molar-refractivity contribution in [3.63, 3.8) is 0 Å². The van der Waals surface area contributed by atoms with Crippen molar-refractivity contribution in [3.05, 3.63) is 0 Å². The number of hydrogen-bond acceptors (Lipinski definition) is 11. The number of rotatable bonds is 42. The smallest absolute Gasteiger partial charge is 0.372 e. The fraction of sp³-hybridized carbons (Fsp3) is 0.919. The van der Waals surface area contributed by atoms with Gasteiger partial charge in [-0.2, -0.15) is 0 Å². The second kappa shape index (κ2) is 40.8. The summed E-state index contributed by atoms with van der Waals surface area (Å²) in [5.41, 5.74) is 0. The Bertz CT molecular complexity index is 722. The fourth-order valence-corrected chi connectivity index (χ4v) is 4.78. The van der Waals surface area contributed by atoms with E-state index in [4.69, 9.17) is 43.0 Å². The highest BCUT2D eigenvalue weighted by molar-refractivity contribution is 6.32. The average Bonchev–Trinajstić information content (AvgIpc) is 3.10. The summed E-state index contributed by atoms with van der Waals surface area (Å²) in [6.07, 6.45) is 21.4. The van der Waals surface area contributed by atoms with E-state index in [1.807, 2.05) is 0 Å². The van der Waals surface area contributed by atoms with Gasteiger partial charge in [0.05, 0.1) is 92.3 Å². The third kappa shape index (κ3) is 40.6. The van der Waals surface area contributed by atoms with Crippen LogP contribution in [0.25, 0.3) is 0 Å². The molecule has 0 bridgehead atoms. The van der Waals surface area contributed by atoms with Gasteiger partial charge in [-0.15, -0.1) is 0 Å². The van der Waals surface area contributed by atoms with Gasteiger partial charge in [-0.25, -0.2) is 4.79 Å². The largest absolute Gasteiger partial charge is 0.476 e. The first-order chi connectivity index (χ1) is 24.1. The zero-order valence-corrected chi connectivity index (χ0v) is 30.8. The predicted octanol–water partition coefficient (Wildman–Crippen LogP) is 6.34. The summed E-state index contributed by atoms with van der Waals surface area (Å²) in [6.45, 7) is 9.10. The number of carbonyl (C=O) groups excluding carboxylic acids is 2. The van der Waals surface area contributed by atoms with E-state index in [2.05, 4.69) is 6.92 Å². The molecule has 0 fully saturated rings. The number of carboxylic acid groups (broad SMARTS) is 1. The third-order valence-corrected chi connectivity index (χ3v) is 7.66. The second-order valence-corrected chi connectivity index (χ2v) is 12.0. The maximum atomic E-state index is 11.4. The summed E-state index contributed by atoms with van der Waals surface area (Å²) in [6, 6.07) is 0. The standard InChI is InChI=1S/C37H70O12/c1-2-3-4-5-6-7-8-9-10-11-12-13-14-15-16-17-20-42-21-22-43-23-24-44-25-26-45-27-28-46-29-30-47-31-32-48-33-34-49-36(39)19-18-35(38)37(40)41/h2-34H2,1H3,(H,40,41). The Morgan fingerprint density at radius 2 is 0.653 bits per heavy atom. The molecule has 0 aromatic carbocycles. The summed E-state index contributed by atoms with van der Waals surface area (Å²) in [4.78, 5) is 32.7. The first kappa shape index (κ1) is 47.3. The van der Waals surface area contributed by atoms with Gasteiger partial charge >= 0.3 is 11.9 Å². The van der Waals surface area contributed by atoms with Crippen LogP contribution in [0.3, 0.4) is 0 Å². The molecule has 12 heteroatoms. The zero-order chi connectivity index (χ0) is 35.7.